The third kappa shape index (κ3) is 1.73. The summed E-state index contributed by atoms with van der Waals surface area (Å²) in [6.45, 7) is 8.62. The Kier molecular flexibility index (Phi) is 2.75. The molecule has 1 heterocycles. The summed E-state index contributed by atoms with van der Waals surface area (Å²) in [5, 5.41) is 1.03. The largest absolute Gasteiger partial charge is 0.358 e. The van der Waals surface area contributed by atoms with Gasteiger partial charge in [-0.05, 0) is 35.6 Å². The second-order valence-corrected chi connectivity index (χ2v) is 4.95. The lowest BCUT2D eigenvalue weighted by atomic mass is 9.95. The summed E-state index contributed by atoms with van der Waals surface area (Å²) in [6.07, 6.45) is 0. The van der Waals surface area contributed by atoms with E-state index >= 15 is 0 Å². The Morgan fingerprint density at radius 3 is 2.31 bits per heavy atom. The smallest absolute Gasteiger partial charge is 0.123 e. The molecule has 0 fully saturated rings. The zero-order valence-corrected chi connectivity index (χ0v) is 10.3. The highest BCUT2D eigenvalue weighted by Gasteiger charge is 2.16. The average Bonchev–Trinajstić information content (AvgIpc) is 2.55. The molecule has 0 spiro atoms. The van der Waals surface area contributed by atoms with Gasteiger partial charge in [0.15, 0.2) is 0 Å². The van der Waals surface area contributed by atoms with Crippen molar-refractivity contribution in [3.63, 3.8) is 0 Å². The fourth-order valence-corrected chi connectivity index (χ4v) is 2.28. The first-order chi connectivity index (χ1) is 7.50. The summed E-state index contributed by atoms with van der Waals surface area (Å²) >= 11 is 0. The molecule has 0 unspecified atom stereocenters. The van der Waals surface area contributed by atoms with Gasteiger partial charge in [-0.1, -0.05) is 27.7 Å². The van der Waals surface area contributed by atoms with Crippen LogP contribution in [0.5, 0.6) is 0 Å². The molecular formula is C14H18FN. The highest BCUT2D eigenvalue weighted by Crippen LogP contribution is 2.33. The minimum Gasteiger partial charge on any atom is -0.358 e. The van der Waals surface area contributed by atoms with Crippen molar-refractivity contribution in [2.24, 2.45) is 0 Å². The lowest BCUT2D eigenvalue weighted by Crippen LogP contribution is -1.96. The first kappa shape index (κ1) is 11.2. The van der Waals surface area contributed by atoms with Gasteiger partial charge in [-0.2, -0.15) is 0 Å². The molecule has 0 aliphatic heterocycles. The predicted molar refractivity (Wildman–Crippen MR) is 66.4 cm³/mol. The zero-order valence-electron chi connectivity index (χ0n) is 10.3. The van der Waals surface area contributed by atoms with Crippen molar-refractivity contribution in [1.82, 2.24) is 4.98 Å². The van der Waals surface area contributed by atoms with E-state index in [1.165, 1.54) is 17.3 Å². The van der Waals surface area contributed by atoms with Gasteiger partial charge in [-0.25, -0.2) is 4.39 Å². The van der Waals surface area contributed by atoms with E-state index in [2.05, 4.69) is 32.7 Å². The van der Waals surface area contributed by atoms with Crippen LogP contribution in [-0.2, 0) is 0 Å². The van der Waals surface area contributed by atoms with E-state index in [0.717, 1.165) is 10.9 Å². The Morgan fingerprint density at radius 2 is 1.75 bits per heavy atom. The lowest BCUT2D eigenvalue weighted by Gasteiger charge is -2.10. The van der Waals surface area contributed by atoms with E-state index in [0.29, 0.717) is 11.8 Å². The van der Waals surface area contributed by atoms with Gasteiger partial charge >= 0.3 is 0 Å². The van der Waals surface area contributed by atoms with Crippen LogP contribution in [-0.4, -0.2) is 4.98 Å². The molecule has 1 aromatic carbocycles. The number of nitrogens with one attached hydrogen (secondary N) is 1. The second kappa shape index (κ2) is 3.93. The molecule has 2 heteroatoms. The van der Waals surface area contributed by atoms with E-state index in [1.807, 2.05) is 6.07 Å². The highest BCUT2D eigenvalue weighted by molar-refractivity contribution is 5.85. The van der Waals surface area contributed by atoms with Crippen molar-refractivity contribution in [3.8, 4) is 0 Å². The number of rotatable bonds is 2. The molecule has 0 bridgehead atoms. The molecule has 1 aromatic heterocycles. The van der Waals surface area contributed by atoms with Crippen LogP contribution < -0.4 is 0 Å². The monoisotopic (exact) mass is 219 g/mol. The van der Waals surface area contributed by atoms with Crippen molar-refractivity contribution in [2.45, 2.75) is 39.5 Å². The summed E-state index contributed by atoms with van der Waals surface area (Å²) in [7, 11) is 0. The molecular weight excluding hydrogens is 201 g/mol. The van der Waals surface area contributed by atoms with Crippen LogP contribution >= 0.6 is 0 Å². The standard InChI is InChI=1S/C14H18FN/c1-8(2)13-11-7-10(15)5-6-12(11)16-14(13)9(3)4/h5-9,16H,1-4H3. The quantitative estimate of drug-likeness (QED) is 0.762. The normalized spacial score (nSPS) is 11.9. The average molecular weight is 219 g/mol. The van der Waals surface area contributed by atoms with Gasteiger partial charge in [0.25, 0.3) is 0 Å². The van der Waals surface area contributed by atoms with E-state index in [9.17, 15) is 4.39 Å². The molecule has 1 N–H and O–H groups in total. The van der Waals surface area contributed by atoms with Gasteiger partial charge in [0.2, 0.25) is 0 Å². The van der Waals surface area contributed by atoms with Gasteiger partial charge in [0.1, 0.15) is 5.82 Å². The van der Waals surface area contributed by atoms with Crippen LogP contribution in [0.4, 0.5) is 4.39 Å². The fourth-order valence-electron chi connectivity index (χ4n) is 2.28. The molecule has 2 rings (SSSR count). The Hall–Kier alpha value is -1.31. The molecule has 0 amide bonds. The number of aromatic nitrogens is 1. The van der Waals surface area contributed by atoms with Crippen LogP contribution in [0.2, 0.25) is 0 Å². The third-order valence-corrected chi connectivity index (χ3v) is 2.99. The molecule has 86 valence electrons. The van der Waals surface area contributed by atoms with Crippen molar-refractivity contribution in [2.75, 3.05) is 0 Å². The third-order valence-electron chi connectivity index (χ3n) is 2.99. The van der Waals surface area contributed by atoms with Gasteiger partial charge < -0.3 is 4.98 Å². The van der Waals surface area contributed by atoms with Crippen LogP contribution in [0.1, 0.15) is 50.8 Å². The molecule has 16 heavy (non-hydrogen) atoms. The van der Waals surface area contributed by atoms with Gasteiger partial charge in [0.05, 0.1) is 0 Å². The number of fused-ring (bicyclic) bond motifs is 1. The fraction of sp³-hybridized carbons (Fsp3) is 0.429. The zero-order chi connectivity index (χ0) is 11.9. The van der Waals surface area contributed by atoms with Crippen molar-refractivity contribution in [3.05, 3.63) is 35.3 Å². The number of hydrogen-bond donors (Lipinski definition) is 1. The number of benzene rings is 1. The van der Waals surface area contributed by atoms with E-state index in [-0.39, 0.29) is 5.82 Å². The number of aromatic amines is 1. The van der Waals surface area contributed by atoms with Crippen molar-refractivity contribution in [1.29, 1.82) is 0 Å². The predicted octanol–water partition coefficient (Wildman–Crippen LogP) is 4.55. The Bertz CT molecular complexity index is 509. The molecule has 0 aliphatic rings. The SMILES string of the molecule is CC(C)c1[nH]c2ccc(F)cc2c1C(C)C. The minimum atomic E-state index is -0.163. The maximum atomic E-state index is 13.3. The molecule has 0 saturated heterocycles. The molecule has 0 saturated carbocycles. The summed E-state index contributed by atoms with van der Waals surface area (Å²) in [6, 6.07) is 4.96. The number of hydrogen-bond acceptors (Lipinski definition) is 0. The second-order valence-electron chi connectivity index (χ2n) is 4.95. The number of H-pyrrole nitrogens is 1. The van der Waals surface area contributed by atoms with E-state index in [1.54, 1.807) is 6.07 Å². The van der Waals surface area contributed by atoms with Gasteiger partial charge in [-0.15, -0.1) is 0 Å². The molecule has 1 nitrogen and oxygen atoms in total. The highest BCUT2D eigenvalue weighted by atomic mass is 19.1. The van der Waals surface area contributed by atoms with Gasteiger partial charge in [0, 0.05) is 16.6 Å². The first-order valence-electron chi connectivity index (χ1n) is 5.81. The van der Waals surface area contributed by atoms with Crippen molar-refractivity contribution >= 4 is 10.9 Å². The first-order valence-corrected chi connectivity index (χ1v) is 5.81. The van der Waals surface area contributed by atoms with Crippen LogP contribution in [0.25, 0.3) is 10.9 Å². The topological polar surface area (TPSA) is 15.8 Å². The van der Waals surface area contributed by atoms with Crippen LogP contribution in [0.3, 0.4) is 0 Å². The summed E-state index contributed by atoms with van der Waals surface area (Å²) in [5.41, 5.74) is 3.52. The van der Waals surface area contributed by atoms with E-state index in [4.69, 9.17) is 0 Å². The Balaban J connectivity index is 2.77. The molecule has 0 aliphatic carbocycles. The lowest BCUT2D eigenvalue weighted by molar-refractivity contribution is 0.629. The molecule has 0 atom stereocenters. The summed E-state index contributed by atoms with van der Waals surface area (Å²) in [4.78, 5) is 3.41. The maximum absolute atomic E-state index is 13.3. The summed E-state index contributed by atoms with van der Waals surface area (Å²) in [5.74, 6) is 0.685. The number of halogens is 1. The Morgan fingerprint density at radius 1 is 1.06 bits per heavy atom. The summed E-state index contributed by atoms with van der Waals surface area (Å²) < 4.78 is 13.3. The maximum Gasteiger partial charge on any atom is 0.123 e. The van der Waals surface area contributed by atoms with Gasteiger partial charge in [-0.3, -0.25) is 0 Å². The molecule has 0 radical (unpaired) electrons. The minimum absolute atomic E-state index is 0.163. The van der Waals surface area contributed by atoms with Crippen molar-refractivity contribution < 1.29 is 4.39 Å². The van der Waals surface area contributed by atoms with Crippen LogP contribution in [0, 0.1) is 5.82 Å². The Labute approximate surface area is 95.7 Å². The molecule has 2 aromatic rings. The van der Waals surface area contributed by atoms with Crippen LogP contribution in [0.15, 0.2) is 18.2 Å². The van der Waals surface area contributed by atoms with E-state index < -0.39 is 0 Å².